The van der Waals surface area contributed by atoms with E-state index >= 15 is 0 Å². The molecule has 1 aliphatic rings. The third-order valence-electron chi connectivity index (χ3n) is 4.58. The summed E-state index contributed by atoms with van der Waals surface area (Å²) >= 11 is 3.38. The Kier molecular flexibility index (Phi) is 4.17. The second-order valence-electron chi connectivity index (χ2n) is 6.13. The molecular weight excluding hydrogens is 383 g/mol. The van der Waals surface area contributed by atoms with E-state index in [4.69, 9.17) is 0 Å². The number of hydrogen-bond acceptors (Lipinski definition) is 1. The molecule has 5 heteroatoms. The lowest BCUT2D eigenvalue weighted by atomic mass is 9.98. The average Bonchev–Trinajstić information content (AvgIpc) is 3.05. The van der Waals surface area contributed by atoms with Gasteiger partial charge in [-0.3, -0.25) is 4.79 Å². The topological polar surface area (TPSA) is 36.1 Å². The van der Waals surface area contributed by atoms with Crippen molar-refractivity contribution in [3.8, 4) is 0 Å². The highest BCUT2D eigenvalue weighted by Crippen LogP contribution is 2.30. The monoisotopic (exact) mass is 398 g/mol. The van der Waals surface area contributed by atoms with Crippen molar-refractivity contribution < 1.29 is 9.18 Å². The van der Waals surface area contributed by atoms with Gasteiger partial charge in [-0.1, -0.05) is 22.0 Å². The lowest BCUT2D eigenvalue weighted by molar-refractivity contribution is 0.0773. The minimum Gasteiger partial charge on any atom is -0.360 e. The van der Waals surface area contributed by atoms with Gasteiger partial charge in [-0.25, -0.2) is 4.39 Å². The summed E-state index contributed by atoms with van der Waals surface area (Å²) < 4.78 is 14.3. The standard InChI is InChI=1S/C20H16BrFN2O/c21-15-3-1-14(2-4-15)20(25)24-9-7-13(8-10-24)18-12-23-19-11-16(22)5-6-17(18)19/h1-7,11-12,23H,8-10H2. The second kappa shape index (κ2) is 6.48. The quantitative estimate of drug-likeness (QED) is 0.647. The van der Waals surface area contributed by atoms with Crippen LogP contribution in [0.1, 0.15) is 22.3 Å². The van der Waals surface area contributed by atoms with E-state index in [-0.39, 0.29) is 11.7 Å². The zero-order valence-electron chi connectivity index (χ0n) is 13.4. The first-order valence-electron chi connectivity index (χ1n) is 8.13. The van der Waals surface area contributed by atoms with Crippen LogP contribution in [-0.4, -0.2) is 28.9 Å². The highest BCUT2D eigenvalue weighted by atomic mass is 79.9. The summed E-state index contributed by atoms with van der Waals surface area (Å²) in [6.45, 7) is 1.26. The maximum atomic E-state index is 13.3. The maximum Gasteiger partial charge on any atom is 0.254 e. The van der Waals surface area contributed by atoms with E-state index in [1.807, 2.05) is 35.4 Å². The summed E-state index contributed by atoms with van der Waals surface area (Å²) in [5.74, 6) is -0.200. The summed E-state index contributed by atoms with van der Waals surface area (Å²) in [7, 11) is 0. The van der Waals surface area contributed by atoms with Gasteiger partial charge in [0, 0.05) is 45.8 Å². The largest absolute Gasteiger partial charge is 0.360 e. The molecule has 3 aromatic rings. The molecule has 1 N–H and O–H groups in total. The van der Waals surface area contributed by atoms with Crippen LogP contribution in [-0.2, 0) is 0 Å². The number of aromatic amines is 1. The van der Waals surface area contributed by atoms with Crippen molar-refractivity contribution in [1.29, 1.82) is 0 Å². The molecule has 0 saturated carbocycles. The summed E-state index contributed by atoms with van der Waals surface area (Å²) in [5, 5.41) is 1.01. The Balaban J connectivity index is 1.55. The number of rotatable bonds is 2. The average molecular weight is 399 g/mol. The Bertz CT molecular complexity index is 975. The smallest absolute Gasteiger partial charge is 0.254 e. The van der Waals surface area contributed by atoms with E-state index in [2.05, 4.69) is 27.0 Å². The molecule has 0 fully saturated rings. The van der Waals surface area contributed by atoms with Gasteiger partial charge in [0.15, 0.2) is 0 Å². The third kappa shape index (κ3) is 3.12. The van der Waals surface area contributed by atoms with Crippen LogP contribution in [0, 0.1) is 5.82 Å². The molecule has 1 amide bonds. The van der Waals surface area contributed by atoms with Crippen molar-refractivity contribution in [1.82, 2.24) is 9.88 Å². The van der Waals surface area contributed by atoms with Gasteiger partial charge in [-0.05, 0) is 54.5 Å². The first-order valence-corrected chi connectivity index (χ1v) is 8.92. The third-order valence-corrected chi connectivity index (χ3v) is 5.11. The molecule has 2 heterocycles. The van der Waals surface area contributed by atoms with E-state index < -0.39 is 0 Å². The number of H-pyrrole nitrogens is 1. The normalized spacial score (nSPS) is 14.6. The van der Waals surface area contributed by atoms with Gasteiger partial charge >= 0.3 is 0 Å². The fourth-order valence-electron chi connectivity index (χ4n) is 3.24. The van der Waals surface area contributed by atoms with Crippen molar-refractivity contribution in [2.75, 3.05) is 13.1 Å². The fourth-order valence-corrected chi connectivity index (χ4v) is 3.50. The van der Waals surface area contributed by atoms with E-state index in [0.29, 0.717) is 18.7 Å². The van der Waals surface area contributed by atoms with Gasteiger partial charge in [-0.15, -0.1) is 0 Å². The molecule has 0 spiro atoms. The van der Waals surface area contributed by atoms with Crippen LogP contribution in [0.5, 0.6) is 0 Å². The number of hydrogen-bond donors (Lipinski definition) is 1. The first kappa shape index (κ1) is 16.1. The van der Waals surface area contributed by atoms with Gasteiger partial charge in [0.25, 0.3) is 5.91 Å². The van der Waals surface area contributed by atoms with Gasteiger partial charge < -0.3 is 9.88 Å². The molecule has 25 heavy (non-hydrogen) atoms. The second-order valence-corrected chi connectivity index (χ2v) is 7.05. The summed E-state index contributed by atoms with van der Waals surface area (Å²) in [6, 6.07) is 12.2. The molecule has 0 atom stereocenters. The number of carbonyl (C=O) groups excluding carboxylic acids is 1. The molecule has 4 rings (SSSR count). The Morgan fingerprint density at radius 1 is 1.16 bits per heavy atom. The fraction of sp³-hybridized carbons (Fsp3) is 0.150. The number of halogens is 2. The first-order chi connectivity index (χ1) is 12.1. The number of nitrogens with zero attached hydrogens (tertiary/aromatic N) is 1. The minimum atomic E-state index is -0.246. The van der Waals surface area contributed by atoms with E-state index in [1.165, 1.54) is 17.7 Å². The SMILES string of the molecule is O=C(c1ccc(Br)cc1)N1CC=C(c2c[nH]c3cc(F)ccc23)CC1. The number of nitrogens with one attached hydrogen (secondary N) is 1. The zero-order valence-corrected chi connectivity index (χ0v) is 15.0. The highest BCUT2D eigenvalue weighted by molar-refractivity contribution is 9.10. The predicted octanol–water partition coefficient (Wildman–Crippen LogP) is 5.00. The Morgan fingerprint density at radius 2 is 1.96 bits per heavy atom. The molecule has 1 aromatic heterocycles. The summed E-state index contributed by atoms with van der Waals surface area (Å²) in [4.78, 5) is 17.6. The molecule has 0 radical (unpaired) electrons. The minimum absolute atomic E-state index is 0.0452. The summed E-state index contributed by atoms with van der Waals surface area (Å²) in [6.07, 6.45) is 4.79. The lowest BCUT2D eigenvalue weighted by Gasteiger charge is -2.26. The number of fused-ring (bicyclic) bond motifs is 1. The number of amides is 1. The molecule has 0 aliphatic carbocycles. The number of benzene rings is 2. The van der Waals surface area contributed by atoms with Gasteiger partial charge in [0.2, 0.25) is 0 Å². The Labute approximate surface area is 153 Å². The molecule has 126 valence electrons. The van der Waals surface area contributed by atoms with Gasteiger partial charge in [0.1, 0.15) is 5.82 Å². The van der Waals surface area contributed by atoms with Crippen LogP contribution in [0.2, 0.25) is 0 Å². The van der Waals surface area contributed by atoms with Crippen molar-refractivity contribution >= 4 is 38.3 Å². The van der Waals surface area contributed by atoms with E-state index in [0.717, 1.165) is 27.4 Å². The van der Waals surface area contributed by atoms with Crippen molar-refractivity contribution in [2.45, 2.75) is 6.42 Å². The Hall–Kier alpha value is -2.40. The van der Waals surface area contributed by atoms with Crippen LogP contribution in [0.25, 0.3) is 16.5 Å². The molecule has 0 saturated heterocycles. The maximum absolute atomic E-state index is 13.3. The van der Waals surface area contributed by atoms with Crippen LogP contribution >= 0.6 is 15.9 Å². The van der Waals surface area contributed by atoms with Crippen molar-refractivity contribution in [2.24, 2.45) is 0 Å². The molecular formula is C20H16BrFN2O. The predicted molar refractivity (Wildman–Crippen MR) is 101 cm³/mol. The Morgan fingerprint density at radius 3 is 2.68 bits per heavy atom. The van der Waals surface area contributed by atoms with Crippen LogP contribution < -0.4 is 0 Å². The lowest BCUT2D eigenvalue weighted by Crippen LogP contribution is -2.34. The summed E-state index contributed by atoms with van der Waals surface area (Å²) in [5.41, 5.74) is 3.77. The van der Waals surface area contributed by atoms with Gasteiger partial charge in [-0.2, -0.15) is 0 Å². The molecule has 2 aromatic carbocycles. The van der Waals surface area contributed by atoms with E-state index in [9.17, 15) is 9.18 Å². The number of aromatic nitrogens is 1. The molecule has 0 bridgehead atoms. The molecule has 0 unspecified atom stereocenters. The van der Waals surface area contributed by atoms with Crippen LogP contribution in [0.15, 0.2) is 59.2 Å². The number of carbonyl (C=O) groups is 1. The van der Waals surface area contributed by atoms with Crippen molar-refractivity contribution in [3.05, 3.63) is 76.2 Å². The van der Waals surface area contributed by atoms with Crippen LogP contribution in [0.4, 0.5) is 4.39 Å². The zero-order chi connectivity index (χ0) is 17.4. The highest BCUT2D eigenvalue weighted by Gasteiger charge is 2.20. The van der Waals surface area contributed by atoms with E-state index in [1.54, 1.807) is 6.07 Å². The molecule has 1 aliphatic heterocycles. The van der Waals surface area contributed by atoms with Gasteiger partial charge in [0.05, 0.1) is 0 Å². The molecule has 3 nitrogen and oxygen atoms in total. The van der Waals surface area contributed by atoms with Crippen LogP contribution in [0.3, 0.4) is 0 Å². The van der Waals surface area contributed by atoms with Crippen molar-refractivity contribution in [3.63, 3.8) is 0 Å².